The normalized spacial score (nSPS) is 10.4. The zero-order chi connectivity index (χ0) is 20.1. The minimum Gasteiger partial charge on any atom is -0.330 e. The number of carbonyl (C=O) groups excluding carboxylic acids is 2. The van der Waals surface area contributed by atoms with Gasteiger partial charge in [-0.1, -0.05) is 40.9 Å². The van der Waals surface area contributed by atoms with Gasteiger partial charge in [0.2, 0.25) is 5.91 Å². The van der Waals surface area contributed by atoms with E-state index in [0.717, 1.165) is 6.07 Å². The summed E-state index contributed by atoms with van der Waals surface area (Å²) in [4.78, 5) is 36.5. The number of nitrogens with one attached hydrogen (secondary N) is 1. The number of likely N-dealkylation sites (N-methyl/N-ethyl adjacent to an activating group) is 1. The lowest BCUT2D eigenvalue weighted by Crippen LogP contribution is -2.38. The van der Waals surface area contributed by atoms with Crippen LogP contribution in [-0.2, 0) is 4.79 Å². The molecule has 0 unspecified atom stereocenters. The van der Waals surface area contributed by atoms with Crippen molar-refractivity contribution in [1.29, 1.82) is 0 Å². The van der Waals surface area contributed by atoms with Crippen LogP contribution in [0.4, 0.5) is 11.4 Å². The van der Waals surface area contributed by atoms with Crippen molar-refractivity contribution in [2.45, 2.75) is 6.92 Å². The third kappa shape index (κ3) is 5.09. The highest BCUT2D eigenvalue weighted by Crippen LogP contribution is 2.30. The predicted molar refractivity (Wildman–Crippen MR) is 105 cm³/mol. The molecule has 0 spiro atoms. The van der Waals surface area contributed by atoms with E-state index < -0.39 is 16.7 Å². The number of nitrogens with zero attached hydrogens (tertiary/aromatic N) is 2. The van der Waals surface area contributed by atoms with Gasteiger partial charge in [0.1, 0.15) is 6.54 Å². The summed E-state index contributed by atoms with van der Waals surface area (Å²) in [5.74, 6) is -1.13. The van der Waals surface area contributed by atoms with Gasteiger partial charge >= 0.3 is 0 Å². The monoisotopic (exact) mass is 429 g/mol. The van der Waals surface area contributed by atoms with Crippen molar-refractivity contribution < 1.29 is 14.5 Å². The molecular formula is C17H14Cl3N3O4. The topological polar surface area (TPSA) is 92.6 Å². The zero-order valence-electron chi connectivity index (χ0n) is 14.0. The molecule has 0 aromatic heterocycles. The first kappa shape index (κ1) is 21.0. The Morgan fingerprint density at radius 3 is 2.30 bits per heavy atom. The fraction of sp³-hybridized carbons (Fsp3) is 0.176. The van der Waals surface area contributed by atoms with Crippen LogP contribution in [0.15, 0.2) is 36.4 Å². The molecule has 2 rings (SSSR count). The van der Waals surface area contributed by atoms with Crippen molar-refractivity contribution in [3.63, 3.8) is 0 Å². The Labute approximate surface area is 170 Å². The number of carbonyl (C=O) groups is 2. The molecule has 7 nitrogen and oxygen atoms in total. The largest absolute Gasteiger partial charge is 0.330 e. The standard InChI is InChI=1S/C17H14Cl3N3O4/c1-2-22(9-15(24)21-16-13(19)4-3-5-14(16)20)17(25)11-8-10(23(26)27)6-7-12(11)18/h3-8H,2,9H2,1H3,(H,21,24). The number of para-hydroxylation sites is 1. The third-order valence-electron chi connectivity index (χ3n) is 3.62. The number of nitro groups is 1. The van der Waals surface area contributed by atoms with Crippen LogP contribution < -0.4 is 5.32 Å². The average molecular weight is 431 g/mol. The van der Waals surface area contributed by atoms with E-state index in [2.05, 4.69) is 5.32 Å². The van der Waals surface area contributed by atoms with Crippen LogP contribution >= 0.6 is 34.8 Å². The number of anilines is 1. The number of nitro benzene ring substituents is 1. The molecule has 0 aliphatic heterocycles. The van der Waals surface area contributed by atoms with E-state index in [1.165, 1.54) is 17.0 Å². The second-order valence-electron chi connectivity index (χ2n) is 5.39. The summed E-state index contributed by atoms with van der Waals surface area (Å²) in [7, 11) is 0. The number of non-ortho nitro benzene ring substituents is 1. The molecule has 0 saturated carbocycles. The van der Waals surface area contributed by atoms with Crippen molar-refractivity contribution in [3.8, 4) is 0 Å². The lowest BCUT2D eigenvalue weighted by atomic mass is 10.1. The maximum Gasteiger partial charge on any atom is 0.270 e. The van der Waals surface area contributed by atoms with Gasteiger partial charge in [0.15, 0.2) is 0 Å². The van der Waals surface area contributed by atoms with Gasteiger partial charge in [0.05, 0.1) is 31.2 Å². The first-order valence-electron chi connectivity index (χ1n) is 7.71. The molecule has 1 N–H and O–H groups in total. The van der Waals surface area contributed by atoms with E-state index in [0.29, 0.717) is 0 Å². The summed E-state index contributed by atoms with van der Waals surface area (Å²) in [5, 5.41) is 14.0. The van der Waals surface area contributed by atoms with Crippen LogP contribution in [0.1, 0.15) is 17.3 Å². The highest BCUT2D eigenvalue weighted by molar-refractivity contribution is 6.39. The smallest absolute Gasteiger partial charge is 0.270 e. The van der Waals surface area contributed by atoms with E-state index in [1.54, 1.807) is 25.1 Å². The minimum absolute atomic E-state index is 0.0543. The SMILES string of the molecule is CCN(CC(=O)Nc1c(Cl)cccc1Cl)C(=O)c1cc([N+](=O)[O-])ccc1Cl. The van der Waals surface area contributed by atoms with Crippen LogP contribution in [0.5, 0.6) is 0 Å². The lowest BCUT2D eigenvalue weighted by Gasteiger charge is -2.21. The van der Waals surface area contributed by atoms with Gasteiger partial charge in [0.25, 0.3) is 11.6 Å². The Bertz CT molecular complexity index is 885. The van der Waals surface area contributed by atoms with Gasteiger partial charge < -0.3 is 10.2 Å². The molecule has 142 valence electrons. The molecule has 2 amide bonds. The highest BCUT2D eigenvalue weighted by atomic mass is 35.5. The van der Waals surface area contributed by atoms with Gasteiger partial charge in [0, 0.05) is 18.7 Å². The molecule has 10 heteroatoms. The number of hydrogen-bond donors (Lipinski definition) is 1. The van der Waals surface area contributed by atoms with Crippen LogP contribution in [-0.4, -0.2) is 34.7 Å². The Balaban J connectivity index is 2.19. The Morgan fingerprint density at radius 2 is 1.74 bits per heavy atom. The molecule has 0 radical (unpaired) electrons. The van der Waals surface area contributed by atoms with E-state index in [1.807, 2.05) is 0 Å². The quantitative estimate of drug-likeness (QED) is 0.533. The summed E-state index contributed by atoms with van der Waals surface area (Å²) in [6.45, 7) is 1.54. The molecule has 0 heterocycles. The minimum atomic E-state index is -0.629. The second kappa shape index (κ2) is 9.03. The molecule has 2 aromatic rings. The first-order valence-corrected chi connectivity index (χ1v) is 8.85. The second-order valence-corrected chi connectivity index (χ2v) is 6.61. The zero-order valence-corrected chi connectivity index (χ0v) is 16.3. The maximum absolute atomic E-state index is 12.7. The molecule has 2 aromatic carbocycles. The van der Waals surface area contributed by atoms with Crippen LogP contribution in [0.2, 0.25) is 15.1 Å². The molecule has 0 aliphatic rings. The molecule has 0 fully saturated rings. The Kier molecular flexibility index (Phi) is 7.01. The van der Waals surface area contributed by atoms with Crippen molar-refractivity contribution in [1.82, 2.24) is 4.90 Å². The van der Waals surface area contributed by atoms with Gasteiger partial charge in [-0.2, -0.15) is 0 Å². The molecule has 0 aliphatic carbocycles. The van der Waals surface area contributed by atoms with E-state index >= 15 is 0 Å². The van der Waals surface area contributed by atoms with Crippen LogP contribution in [0, 0.1) is 10.1 Å². The van der Waals surface area contributed by atoms with Gasteiger partial charge in [-0.3, -0.25) is 19.7 Å². The van der Waals surface area contributed by atoms with Crippen LogP contribution in [0.25, 0.3) is 0 Å². The fourth-order valence-electron chi connectivity index (χ4n) is 2.26. The predicted octanol–water partition coefficient (Wildman–Crippen LogP) is 4.66. The summed E-state index contributed by atoms with van der Waals surface area (Å²) in [6.07, 6.45) is 0. The summed E-state index contributed by atoms with van der Waals surface area (Å²) >= 11 is 18.0. The van der Waals surface area contributed by atoms with Crippen molar-refractivity contribution in [2.24, 2.45) is 0 Å². The van der Waals surface area contributed by atoms with E-state index in [-0.39, 0.29) is 45.1 Å². The molecule has 0 saturated heterocycles. The third-order valence-corrected chi connectivity index (χ3v) is 4.58. The van der Waals surface area contributed by atoms with Gasteiger partial charge in [-0.05, 0) is 25.1 Å². The number of amides is 2. The lowest BCUT2D eigenvalue weighted by molar-refractivity contribution is -0.384. The van der Waals surface area contributed by atoms with E-state index in [4.69, 9.17) is 34.8 Å². The highest BCUT2D eigenvalue weighted by Gasteiger charge is 2.22. The average Bonchev–Trinajstić information content (AvgIpc) is 2.62. The Morgan fingerprint density at radius 1 is 1.11 bits per heavy atom. The van der Waals surface area contributed by atoms with E-state index in [9.17, 15) is 19.7 Å². The number of halogens is 3. The maximum atomic E-state index is 12.7. The van der Waals surface area contributed by atoms with Gasteiger partial charge in [-0.25, -0.2) is 0 Å². The Hall–Kier alpha value is -2.35. The fourth-order valence-corrected chi connectivity index (χ4v) is 2.95. The number of benzene rings is 2. The summed E-state index contributed by atoms with van der Waals surface area (Å²) in [6, 6.07) is 8.30. The summed E-state index contributed by atoms with van der Waals surface area (Å²) in [5.41, 5.74) is -0.0925. The molecule has 0 bridgehead atoms. The molecule has 27 heavy (non-hydrogen) atoms. The number of rotatable bonds is 6. The number of hydrogen-bond acceptors (Lipinski definition) is 4. The van der Waals surface area contributed by atoms with Crippen molar-refractivity contribution in [3.05, 3.63) is 67.1 Å². The summed E-state index contributed by atoms with van der Waals surface area (Å²) < 4.78 is 0. The van der Waals surface area contributed by atoms with Crippen LogP contribution in [0.3, 0.4) is 0 Å². The molecule has 0 atom stereocenters. The van der Waals surface area contributed by atoms with Gasteiger partial charge in [-0.15, -0.1) is 0 Å². The van der Waals surface area contributed by atoms with Crippen molar-refractivity contribution in [2.75, 3.05) is 18.4 Å². The first-order chi connectivity index (χ1) is 12.7. The van der Waals surface area contributed by atoms with Crippen molar-refractivity contribution >= 4 is 58.0 Å². The molecular weight excluding hydrogens is 417 g/mol.